The molecule has 0 aliphatic heterocycles. The van der Waals surface area contributed by atoms with E-state index < -0.39 is 0 Å². The van der Waals surface area contributed by atoms with Crippen molar-refractivity contribution in [2.75, 3.05) is 12.4 Å². The third-order valence-electron chi connectivity index (χ3n) is 4.48. The van der Waals surface area contributed by atoms with Crippen molar-refractivity contribution in [2.45, 2.75) is 51.9 Å². The van der Waals surface area contributed by atoms with E-state index in [4.69, 9.17) is 9.15 Å². The molecule has 0 unspecified atom stereocenters. The molecule has 25 heavy (non-hydrogen) atoms. The van der Waals surface area contributed by atoms with Crippen molar-refractivity contribution >= 4 is 28.2 Å². The minimum absolute atomic E-state index is 0.113. The smallest absolute Gasteiger partial charge is 0.341 e. The Hall–Kier alpha value is -2.08. The van der Waals surface area contributed by atoms with Crippen LogP contribution >= 0.6 is 11.3 Å². The van der Waals surface area contributed by atoms with Gasteiger partial charge in [-0.25, -0.2) is 4.79 Å². The van der Waals surface area contributed by atoms with Crippen molar-refractivity contribution in [1.82, 2.24) is 0 Å². The van der Waals surface area contributed by atoms with Crippen LogP contribution in [0.1, 0.15) is 58.5 Å². The highest BCUT2D eigenvalue weighted by atomic mass is 32.1. The molecule has 6 heteroatoms. The van der Waals surface area contributed by atoms with Gasteiger partial charge in [0, 0.05) is 24.1 Å². The van der Waals surface area contributed by atoms with E-state index in [0.717, 1.165) is 49.2 Å². The van der Waals surface area contributed by atoms with Crippen molar-refractivity contribution in [1.29, 1.82) is 0 Å². The van der Waals surface area contributed by atoms with Crippen LogP contribution in [0.5, 0.6) is 0 Å². The number of hydrogen-bond acceptors (Lipinski definition) is 5. The number of anilines is 1. The van der Waals surface area contributed by atoms with E-state index in [1.165, 1.54) is 23.3 Å². The number of carbonyl (C=O) groups is 2. The summed E-state index contributed by atoms with van der Waals surface area (Å²) in [5, 5.41) is 3.53. The summed E-state index contributed by atoms with van der Waals surface area (Å²) in [6.45, 7) is 2.03. The second kappa shape index (κ2) is 7.87. The molecule has 2 heterocycles. The first-order valence-corrected chi connectivity index (χ1v) is 9.54. The normalized spacial score (nSPS) is 13.4. The largest absolute Gasteiger partial charge is 0.466 e. The summed E-state index contributed by atoms with van der Waals surface area (Å²) in [5.41, 5.74) is 1.60. The molecule has 1 N–H and O–H groups in total. The zero-order valence-corrected chi connectivity index (χ0v) is 15.5. The van der Waals surface area contributed by atoms with Gasteiger partial charge in [-0.15, -0.1) is 11.3 Å². The van der Waals surface area contributed by atoms with Gasteiger partial charge in [-0.05, 0) is 43.4 Å². The predicted molar refractivity (Wildman–Crippen MR) is 97.3 cm³/mol. The number of carbonyl (C=O) groups excluding carboxylic acids is 2. The number of methoxy groups -OCH3 is 1. The van der Waals surface area contributed by atoms with E-state index in [2.05, 4.69) is 5.32 Å². The highest BCUT2D eigenvalue weighted by Crippen LogP contribution is 2.38. The van der Waals surface area contributed by atoms with Crippen LogP contribution in [0.15, 0.2) is 16.5 Å². The van der Waals surface area contributed by atoms with Crippen LogP contribution in [0.25, 0.3) is 0 Å². The van der Waals surface area contributed by atoms with Gasteiger partial charge in [-0.3, -0.25) is 4.79 Å². The summed E-state index contributed by atoms with van der Waals surface area (Å²) in [7, 11) is 1.38. The van der Waals surface area contributed by atoms with Crippen LogP contribution in [0, 0.1) is 0 Å². The lowest BCUT2D eigenvalue weighted by Crippen LogP contribution is -2.15. The van der Waals surface area contributed by atoms with E-state index in [9.17, 15) is 9.59 Å². The Morgan fingerprint density at radius 3 is 2.72 bits per heavy atom. The zero-order valence-electron chi connectivity index (χ0n) is 14.6. The minimum atomic E-state index is -0.367. The molecule has 3 rings (SSSR count). The molecule has 0 bridgehead atoms. The van der Waals surface area contributed by atoms with E-state index >= 15 is 0 Å². The maximum absolute atomic E-state index is 12.3. The van der Waals surface area contributed by atoms with Gasteiger partial charge in [-0.1, -0.05) is 6.92 Å². The first kappa shape index (κ1) is 17.7. The Morgan fingerprint density at radius 1 is 1.24 bits per heavy atom. The summed E-state index contributed by atoms with van der Waals surface area (Å²) < 4.78 is 10.6. The highest BCUT2D eigenvalue weighted by molar-refractivity contribution is 7.17. The fourth-order valence-electron chi connectivity index (χ4n) is 3.14. The molecule has 0 fully saturated rings. The molecule has 1 aliphatic rings. The molecule has 134 valence electrons. The number of rotatable bonds is 6. The Bertz CT molecular complexity index is 774. The number of esters is 1. The maximum atomic E-state index is 12.3. The summed E-state index contributed by atoms with van der Waals surface area (Å²) >= 11 is 1.51. The van der Waals surface area contributed by atoms with E-state index in [1.807, 2.05) is 19.1 Å². The molecule has 0 radical (unpaired) electrons. The molecule has 0 spiro atoms. The molecular weight excluding hydrogens is 338 g/mol. The molecule has 1 amide bonds. The molecule has 1 aliphatic carbocycles. The molecule has 5 nitrogen and oxygen atoms in total. The number of nitrogens with one attached hydrogen (secondary N) is 1. The van der Waals surface area contributed by atoms with Crippen LogP contribution < -0.4 is 5.32 Å². The topological polar surface area (TPSA) is 68.5 Å². The monoisotopic (exact) mass is 361 g/mol. The van der Waals surface area contributed by atoms with Gasteiger partial charge >= 0.3 is 5.97 Å². The first-order valence-electron chi connectivity index (χ1n) is 8.72. The minimum Gasteiger partial charge on any atom is -0.466 e. The van der Waals surface area contributed by atoms with Crippen molar-refractivity contribution in [3.8, 4) is 0 Å². The lowest BCUT2D eigenvalue weighted by molar-refractivity contribution is -0.116. The Morgan fingerprint density at radius 2 is 2.00 bits per heavy atom. The van der Waals surface area contributed by atoms with Crippen molar-refractivity contribution in [3.05, 3.63) is 39.7 Å². The number of ether oxygens (including phenoxy) is 1. The van der Waals surface area contributed by atoms with Crippen LogP contribution in [0.4, 0.5) is 5.00 Å². The van der Waals surface area contributed by atoms with Crippen LogP contribution in [0.2, 0.25) is 0 Å². The molecule has 0 saturated carbocycles. The van der Waals surface area contributed by atoms with E-state index in [-0.39, 0.29) is 11.9 Å². The summed E-state index contributed by atoms with van der Waals surface area (Å²) in [5.74, 6) is 1.26. The third-order valence-corrected chi connectivity index (χ3v) is 5.69. The number of furan rings is 1. The second-order valence-corrected chi connectivity index (χ2v) is 7.28. The van der Waals surface area contributed by atoms with Crippen molar-refractivity contribution < 1.29 is 18.7 Å². The number of thiophene rings is 1. The second-order valence-electron chi connectivity index (χ2n) is 6.18. The molecule has 2 aromatic heterocycles. The molecular formula is C19H23NO4S. The Kier molecular flexibility index (Phi) is 5.58. The van der Waals surface area contributed by atoms with Gasteiger partial charge < -0.3 is 14.5 Å². The van der Waals surface area contributed by atoms with Gasteiger partial charge in [0.1, 0.15) is 16.5 Å². The summed E-state index contributed by atoms with van der Waals surface area (Å²) in [6.07, 6.45) is 5.74. The van der Waals surface area contributed by atoms with E-state index in [0.29, 0.717) is 23.4 Å². The van der Waals surface area contributed by atoms with Gasteiger partial charge in [-0.2, -0.15) is 0 Å². The summed E-state index contributed by atoms with van der Waals surface area (Å²) in [6, 6.07) is 3.85. The maximum Gasteiger partial charge on any atom is 0.341 e. The van der Waals surface area contributed by atoms with Crippen LogP contribution in [-0.2, 0) is 35.2 Å². The fourth-order valence-corrected chi connectivity index (χ4v) is 4.44. The Labute approximate surface area is 151 Å². The third kappa shape index (κ3) is 3.95. The average molecular weight is 361 g/mol. The molecule has 0 saturated heterocycles. The first-order chi connectivity index (χ1) is 12.1. The highest BCUT2D eigenvalue weighted by Gasteiger charge is 2.26. The average Bonchev–Trinajstić information content (AvgIpc) is 3.23. The SMILES string of the molecule is CCc1ccc(CCC(=O)Nc2sc3c(c2C(=O)OC)CCCC3)o1. The number of aryl methyl sites for hydroxylation is 3. The Balaban J connectivity index is 1.70. The standard InChI is InChI=1S/C19H23NO4S/c1-3-12-8-9-13(24-12)10-11-16(21)20-18-17(19(22)23-2)14-6-4-5-7-15(14)25-18/h8-9H,3-7,10-11H2,1-2H3,(H,20,21). The van der Waals surface area contributed by atoms with Gasteiger partial charge in [0.2, 0.25) is 5.91 Å². The zero-order chi connectivity index (χ0) is 17.8. The lowest BCUT2D eigenvalue weighted by atomic mass is 9.95. The van der Waals surface area contributed by atoms with Gasteiger partial charge in [0.25, 0.3) is 0 Å². The number of fused-ring (bicyclic) bond motifs is 1. The van der Waals surface area contributed by atoms with Crippen LogP contribution in [0.3, 0.4) is 0 Å². The van der Waals surface area contributed by atoms with Crippen molar-refractivity contribution in [3.63, 3.8) is 0 Å². The van der Waals surface area contributed by atoms with Gasteiger partial charge in [0.15, 0.2) is 0 Å². The number of amides is 1. The number of hydrogen-bond donors (Lipinski definition) is 1. The molecule has 0 atom stereocenters. The fraction of sp³-hybridized carbons (Fsp3) is 0.474. The quantitative estimate of drug-likeness (QED) is 0.785. The van der Waals surface area contributed by atoms with E-state index in [1.54, 1.807) is 0 Å². The van der Waals surface area contributed by atoms with Crippen molar-refractivity contribution in [2.24, 2.45) is 0 Å². The molecule has 2 aromatic rings. The van der Waals surface area contributed by atoms with Crippen LogP contribution in [-0.4, -0.2) is 19.0 Å². The predicted octanol–water partition coefficient (Wildman–Crippen LogP) is 4.14. The van der Waals surface area contributed by atoms with Gasteiger partial charge in [0.05, 0.1) is 12.7 Å². The summed E-state index contributed by atoms with van der Waals surface area (Å²) in [4.78, 5) is 25.7. The lowest BCUT2D eigenvalue weighted by Gasteiger charge is -2.11. The molecule has 0 aromatic carbocycles.